The van der Waals surface area contributed by atoms with Crippen molar-refractivity contribution in [2.24, 2.45) is 0 Å². The molecule has 0 unspecified atom stereocenters. The summed E-state index contributed by atoms with van der Waals surface area (Å²) in [4.78, 5) is 0. The summed E-state index contributed by atoms with van der Waals surface area (Å²) in [6.45, 7) is 4.65. The maximum atomic E-state index is 3.66. The molecule has 0 aromatic heterocycles. The van der Waals surface area contributed by atoms with Crippen LogP contribution >= 0.6 is 15.9 Å². The van der Waals surface area contributed by atoms with Crippen LogP contribution in [0, 0.1) is 0 Å². The first-order chi connectivity index (χ1) is 13.6. The van der Waals surface area contributed by atoms with E-state index in [9.17, 15) is 0 Å². The molecule has 1 aliphatic rings. The quantitative estimate of drug-likeness (QED) is 0.304. The Bertz CT molecular complexity index is 1190. The highest BCUT2D eigenvalue weighted by molar-refractivity contribution is 9.10. The van der Waals surface area contributed by atoms with Crippen molar-refractivity contribution in [3.63, 3.8) is 0 Å². The smallest absolute Gasteiger partial charge is 0.0181 e. The number of rotatable bonds is 2. The topological polar surface area (TPSA) is 0 Å². The van der Waals surface area contributed by atoms with Gasteiger partial charge in [0, 0.05) is 9.89 Å². The zero-order chi connectivity index (χ0) is 19.3. The van der Waals surface area contributed by atoms with Crippen LogP contribution in [0.5, 0.6) is 0 Å². The largest absolute Gasteiger partial charge is 0.0622 e. The number of hydrogen-bond acceptors (Lipinski definition) is 0. The van der Waals surface area contributed by atoms with Crippen LogP contribution in [0.1, 0.15) is 25.0 Å². The fourth-order valence-corrected chi connectivity index (χ4v) is 4.87. The Morgan fingerprint density at radius 1 is 0.536 bits per heavy atom. The van der Waals surface area contributed by atoms with E-state index in [0.717, 1.165) is 4.47 Å². The molecule has 0 spiro atoms. The summed E-state index contributed by atoms with van der Waals surface area (Å²) in [6.07, 6.45) is 0. The van der Waals surface area contributed by atoms with Crippen LogP contribution in [-0.2, 0) is 5.41 Å². The van der Waals surface area contributed by atoms with Crippen molar-refractivity contribution in [2.45, 2.75) is 19.3 Å². The van der Waals surface area contributed by atoms with Crippen LogP contribution in [-0.4, -0.2) is 0 Å². The highest BCUT2D eigenvalue weighted by Gasteiger charge is 2.35. The van der Waals surface area contributed by atoms with Crippen molar-refractivity contribution in [3.05, 3.63) is 107 Å². The second-order valence-electron chi connectivity index (χ2n) is 7.99. The molecule has 0 bridgehead atoms. The molecular formula is C27H21Br. The van der Waals surface area contributed by atoms with Gasteiger partial charge in [0.25, 0.3) is 0 Å². The predicted molar refractivity (Wildman–Crippen MR) is 123 cm³/mol. The summed E-state index contributed by atoms with van der Waals surface area (Å²) in [7, 11) is 0. The molecule has 0 nitrogen and oxygen atoms in total. The molecule has 0 heterocycles. The Morgan fingerprint density at radius 2 is 1.11 bits per heavy atom. The summed E-state index contributed by atoms with van der Waals surface area (Å²) in [5.41, 5.74) is 10.6. The van der Waals surface area contributed by atoms with Crippen LogP contribution in [0.4, 0.5) is 0 Å². The van der Waals surface area contributed by atoms with Crippen molar-refractivity contribution >= 4 is 15.9 Å². The van der Waals surface area contributed by atoms with Gasteiger partial charge < -0.3 is 0 Å². The van der Waals surface area contributed by atoms with Crippen molar-refractivity contribution < 1.29 is 0 Å². The van der Waals surface area contributed by atoms with Crippen molar-refractivity contribution in [1.29, 1.82) is 0 Å². The van der Waals surface area contributed by atoms with E-state index in [-0.39, 0.29) is 5.41 Å². The molecule has 0 N–H and O–H groups in total. The third-order valence-corrected chi connectivity index (χ3v) is 6.45. The van der Waals surface area contributed by atoms with Gasteiger partial charge in [0.2, 0.25) is 0 Å². The normalized spacial score (nSPS) is 13.8. The average Bonchev–Trinajstić information content (AvgIpc) is 2.95. The molecule has 0 amide bonds. The molecule has 1 aliphatic carbocycles. The lowest BCUT2D eigenvalue weighted by Crippen LogP contribution is -2.14. The van der Waals surface area contributed by atoms with Crippen LogP contribution in [0.25, 0.3) is 33.4 Å². The SMILES string of the molecule is CC1(C)c2ccc(Br)cc2-c2cc(-c3ccccc3-c3ccccc3)ccc21. The molecule has 0 saturated carbocycles. The van der Waals surface area contributed by atoms with E-state index < -0.39 is 0 Å². The minimum absolute atomic E-state index is 0.0306. The number of hydrogen-bond donors (Lipinski definition) is 0. The minimum Gasteiger partial charge on any atom is -0.0622 e. The van der Waals surface area contributed by atoms with Gasteiger partial charge in [0.1, 0.15) is 0 Å². The summed E-state index contributed by atoms with van der Waals surface area (Å²) in [6, 6.07) is 33.0. The molecule has 0 saturated heterocycles. The van der Waals surface area contributed by atoms with Gasteiger partial charge in [0.15, 0.2) is 0 Å². The average molecular weight is 425 g/mol. The second kappa shape index (κ2) is 6.46. The first-order valence-electron chi connectivity index (χ1n) is 9.65. The predicted octanol–water partition coefficient (Wildman–Crippen LogP) is 8.09. The maximum absolute atomic E-state index is 3.66. The van der Waals surface area contributed by atoms with Gasteiger partial charge in [-0.1, -0.05) is 103 Å². The Hall–Kier alpha value is -2.64. The molecule has 0 atom stereocenters. The van der Waals surface area contributed by atoms with Crippen molar-refractivity contribution in [2.75, 3.05) is 0 Å². The van der Waals surface area contributed by atoms with Gasteiger partial charge in [-0.2, -0.15) is 0 Å². The molecule has 4 aromatic rings. The van der Waals surface area contributed by atoms with Crippen LogP contribution < -0.4 is 0 Å². The van der Waals surface area contributed by atoms with Gasteiger partial charge in [-0.3, -0.25) is 0 Å². The van der Waals surface area contributed by atoms with Crippen LogP contribution in [0.2, 0.25) is 0 Å². The Balaban J connectivity index is 1.72. The first kappa shape index (κ1) is 17.5. The molecule has 0 radical (unpaired) electrons. The van der Waals surface area contributed by atoms with Crippen molar-refractivity contribution in [3.8, 4) is 33.4 Å². The summed E-state index contributed by atoms with van der Waals surface area (Å²) in [5, 5.41) is 0. The Morgan fingerprint density at radius 3 is 1.82 bits per heavy atom. The van der Waals surface area contributed by atoms with Gasteiger partial charge in [-0.25, -0.2) is 0 Å². The number of halogens is 1. The molecule has 136 valence electrons. The van der Waals surface area contributed by atoms with Crippen LogP contribution in [0.15, 0.2) is 95.5 Å². The molecular weight excluding hydrogens is 404 g/mol. The Labute approximate surface area is 175 Å². The van der Waals surface area contributed by atoms with E-state index in [1.165, 1.54) is 44.5 Å². The second-order valence-corrected chi connectivity index (χ2v) is 8.90. The molecule has 1 heteroatoms. The fraction of sp³-hybridized carbons (Fsp3) is 0.111. The fourth-order valence-electron chi connectivity index (χ4n) is 4.51. The van der Waals surface area contributed by atoms with E-state index in [2.05, 4.69) is 121 Å². The molecule has 4 aromatic carbocycles. The summed E-state index contributed by atoms with van der Waals surface area (Å²) >= 11 is 3.66. The zero-order valence-electron chi connectivity index (χ0n) is 16.0. The lowest BCUT2D eigenvalue weighted by atomic mass is 9.82. The lowest BCUT2D eigenvalue weighted by Gasteiger charge is -2.21. The Kier molecular flexibility index (Phi) is 4.03. The van der Waals surface area contributed by atoms with Gasteiger partial charge in [-0.15, -0.1) is 0 Å². The highest BCUT2D eigenvalue weighted by atomic mass is 79.9. The van der Waals surface area contributed by atoms with E-state index in [1.54, 1.807) is 0 Å². The van der Waals surface area contributed by atoms with Gasteiger partial charge in [-0.05, 0) is 62.7 Å². The van der Waals surface area contributed by atoms with Crippen molar-refractivity contribution in [1.82, 2.24) is 0 Å². The van der Waals surface area contributed by atoms with Crippen LogP contribution in [0.3, 0.4) is 0 Å². The van der Waals surface area contributed by atoms with E-state index in [0.29, 0.717) is 0 Å². The summed E-state index contributed by atoms with van der Waals surface area (Å²) < 4.78 is 1.13. The molecule has 0 aliphatic heterocycles. The molecule has 28 heavy (non-hydrogen) atoms. The van der Waals surface area contributed by atoms with E-state index in [4.69, 9.17) is 0 Å². The van der Waals surface area contributed by atoms with E-state index in [1.807, 2.05) is 0 Å². The van der Waals surface area contributed by atoms with Gasteiger partial charge >= 0.3 is 0 Å². The third-order valence-electron chi connectivity index (χ3n) is 5.96. The first-order valence-corrected chi connectivity index (χ1v) is 10.4. The summed E-state index contributed by atoms with van der Waals surface area (Å²) in [5.74, 6) is 0. The zero-order valence-corrected chi connectivity index (χ0v) is 17.6. The molecule has 0 fully saturated rings. The lowest BCUT2D eigenvalue weighted by molar-refractivity contribution is 0.660. The third kappa shape index (κ3) is 2.65. The minimum atomic E-state index is 0.0306. The monoisotopic (exact) mass is 424 g/mol. The standard InChI is InChI=1S/C27H21Br/c1-27(2)25-14-12-19(16-23(25)24-17-20(28)13-15-26(24)27)22-11-7-6-10-21(22)18-8-4-3-5-9-18/h3-17H,1-2H3. The highest BCUT2D eigenvalue weighted by Crippen LogP contribution is 2.50. The maximum Gasteiger partial charge on any atom is 0.0181 e. The molecule has 5 rings (SSSR count). The number of benzene rings is 4. The number of fused-ring (bicyclic) bond motifs is 3. The van der Waals surface area contributed by atoms with E-state index >= 15 is 0 Å². The van der Waals surface area contributed by atoms with Gasteiger partial charge in [0.05, 0.1) is 0 Å².